The molecule has 25 heteroatoms. The molecule has 3 aliphatic heterocycles. The summed E-state index contributed by atoms with van der Waals surface area (Å²) < 4.78 is 30.9. The Labute approximate surface area is 300 Å². The van der Waals surface area contributed by atoms with Crippen LogP contribution in [0.1, 0.15) is 20.1 Å². The number of fused-ring (bicyclic) bond motifs is 3. The van der Waals surface area contributed by atoms with Crippen molar-refractivity contribution in [2.75, 3.05) is 42.7 Å². The number of nitrogen functional groups attached to an aromatic ring is 2. The van der Waals surface area contributed by atoms with Crippen LogP contribution in [0.3, 0.4) is 0 Å². The second-order valence-corrected chi connectivity index (χ2v) is 16.0. The van der Waals surface area contributed by atoms with E-state index in [4.69, 9.17) is 34.3 Å². The van der Waals surface area contributed by atoms with Crippen LogP contribution in [0.25, 0.3) is 22.3 Å². The van der Waals surface area contributed by atoms with Crippen molar-refractivity contribution < 1.29 is 38.2 Å². The maximum absolute atomic E-state index is 12.7. The van der Waals surface area contributed by atoms with E-state index >= 15 is 0 Å². The Hall–Kier alpha value is -2.50. The highest BCUT2D eigenvalue weighted by Crippen LogP contribution is 2.41. The maximum Gasteiger partial charge on any atom is 0.280 e. The predicted octanol–water partition coefficient (Wildman–Crippen LogP) is -1.20. The maximum atomic E-state index is 12.7. The summed E-state index contributed by atoms with van der Waals surface area (Å²) in [6.45, 7) is 4.70. The van der Waals surface area contributed by atoms with Crippen LogP contribution in [0.5, 0.6) is 0 Å². The van der Waals surface area contributed by atoms with E-state index in [1.807, 2.05) is 13.8 Å². The fraction of sp³-hybridized carbons (Fsp3) is 0.615. The van der Waals surface area contributed by atoms with E-state index in [0.29, 0.717) is 28.4 Å². The van der Waals surface area contributed by atoms with E-state index in [1.165, 1.54) is 23.5 Å². The number of aromatic nitrogens is 8. The van der Waals surface area contributed by atoms with Crippen molar-refractivity contribution in [3.05, 3.63) is 20.7 Å². The van der Waals surface area contributed by atoms with E-state index in [0.717, 1.165) is 0 Å². The summed E-state index contributed by atoms with van der Waals surface area (Å²) in [5.74, 6) is 0.778. The van der Waals surface area contributed by atoms with Crippen LogP contribution in [0.2, 0.25) is 0 Å². The quantitative estimate of drug-likeness (QED) is 0.0475. The van der Waals surface area contributed by atoms with Gasteiger partial charge in [-0.3, -0.25) is 24.1 Å². The Kier molecular flexibility index (Phi) is 10.9. The smallest absolute Gasteiger partial charge is 0.280 e. The zero-order valence-corrected chi connectivity index (χ0v) is 30.8. The number of aromatic amines is 2. The van der Waals surface area contributed by atoms with Crippen molar-refractivity contribution in [2.24, 2.45) is 0 Å². The number of rotatable bonds is 12. The molecular weight excluding hydrogens is 752 g/mol. The van der Waals surface area contributed by atoms with Crippen LogP contribution in [-0.2, 0) is 29.4 Å². The molecule has 0 saturated carbocycles. The molecule has 3 aliphatic rings. The molecule has 4 aromatic rings. The summed E-state index contributed by atoms with van der Waals surface area (Å²) in [6, 6.07) is 0. The highest BCUT2D eigenvalue weighted by atomic mass is 32.2. The van der Waals surface area contributed by atoms with Gasteiger partial charge < -0.3 is 59.5 Å². The molecule has 0 aromatic carbocycles. The highest BCUT2D eigenvalue weighted by molar-refractivity contribution is 7.99. The third-order valence-electron chi connectivity index (χ3n) is 8.30. The van der Waals surface area contributed by atoms with E-state index in [9.17, 15) is 24.9 Å². The number of nitrogens with two attached hydrogens (primary N) is 2. The van der Waals surface area contributed by atoms with Gasteiger partial charge >= 0.3 is 0 Å². The van der Waals surface area contributed by atoms with Crippen LogP contribution in [0.15, 0.2) is 19.9 Å². The lowest BCUT2D eigenvalue weighted by molar-refractivity contribution is -0.0824. The summed E-state index contributed by atoms with van der Waals surface area (Å²) in [5, 5.41) is 36.8. The summed E-state index contributed by atoms with van der Waals surface area (Å²) >= 11 is 2.68. The number of nitrogens with zero attached hydrogens (tertiary/aromatic N) is 6. The number of nitrogens with one attached hydrogen (secondary N) is 3. The first kappa shape index (κ1) is 36.8. The van der Waals surface area contributed by atoms with Crippen molar-refractivity contribution >= 4 is 75.8 Å². The van der Waals surface area contributed by atoms with Crippen molar-refractivity contribution in [1.29, 1.82) is 0 Å². The predicted molar refractivity (Wildman–Crippen MR) is 189 cm³/mol. The topological polar surface area (TPSA) is 298 Å². The summed E-state index contributed by atoms with van der Waals surface area (Å²) in [6.07, 6.45) is -6.23. The Morgan fingerprint density at radius 3 is 2.37 bits per heavy atom. The third kappa shape index (κ3) is 7.63. The Balaban J connectivity index is 1.04. The van der Waals surface area contributed by atoms with Crippen LogP contribution in [0, 0.1) is 0 Å². The van der Waals surface area contributed by atoms with Crippen molar-refractivity contribution in [3.63, 3.8) is 0 Å². The molecule has 7 rings (SSSR count). The molecule has 278 valence electrons. The van der Waals surface area contributed by atoms with Gasteiger partial charge in [0.15, 0.2) is 56.9 Å². The van der Waals surface area contributed by atoms with Crippen molar-refractivity contribution in [3.8, 4) is 0 Å². The van der Waals surface area contributed by atoms with Crippen LogP contribution < -0.4 is 27.9 Å². The second-order valence-electron chi connectivity index (χ2n) is 12.6. The van der Waals surface area contributed by atoms with Crippen LogP contribution >= 0.6 is 41.6 Å². The first-order valence-corrected chi connectivity index (χ1v) is 19.3. The number of ether oxygens (including phenoxy) is 1. The van der Waals surface area contributed by atoms with Gasteiger partial charge in [-0.2, -0.15) is 9.97 Å². The number of hydrogen-bond donors (Lipinski definition) is 8. The van der Waals surface area contributed by atoms with Gasteiger partial charge in [-0.15, -0.1) is 0 Å². The monoisotopic (exact) mass is 789 g/mol. The Morgan fingerprint density at radius 1 is 0.980 bits per heavy atom. The zero-order valence-electron chi connectivity index (χ0n) is 27.1. The lowest BCUT2D eigenvalue weighted by atomic mass is 10.1. The van der Waals surface area contributed by atoms with Gasteiger partial charge in [-0.05, 0) is 13.8 Å². The molecule has 4 aromatic heterocycles. The fourth-order valence-electron chi connectivity index (χ4n) is 5.85. The molecule has 51 heavy (non-hydrogen) atoms. The Bertz CT molecular complexity index is 2010. The number of hydrogen-bond acceptors (Lipinski definition) is 19. The highest BCUT2D eigenvalue weighted by Gasteiger charge is 2.49. The molecule has 9 atom stereocenters. The SMILES string of the molecule is CC(C)(CSc1nc2c(=O)[nH]c(N)nc2n1CC(O)C1OPOCC1O)NCCSc1nc2c(=O)[nH]c(N)nc2n1C1OC2COPOC2C1O. The second kappa shape index (κ2) is 15.1. The summed E-state index contributed by atoms with van der Waals surface area (Å²) in [5.41, 5.74) is 10.7. The standard InChI is InChI=1S/C26H37N11O10P2S2/c1-26(2,8-51-24-30-12-17(32-22(27)34-19(12)41)36(24)5-9(38)15-10(39)6-43-48-46-15)29-3-4-50-25-31-13-18(33-23(28)35-20(13)42)37(25)21-14(40)16-11(45-21)7-44-49-47-16/h9-11,14-16,21,29,38-40,48-49H,3-8H2,1-2H3,(H3,27,32,34,41)(H3,28,33,35,42). The van der Waals surface area contributed by atoms with E-state index in [-0.39, 0.29) is 72.1 Å². The molecule has 3 saturated heterocycles. The number of thioether (sulfide) groups is 2. The van der Waals surface area contributed by atoms with Crippen LogP contribution in [0.4, 0.5) is 11.9 Å². The van der Waals surface area contributed by atoms with Gasteiger partial charge in [0.05, 0.1) is 19.8 Å². The van der Waals surface area contributed by atoms with Crippen molar-refractivity contribution in [1.82, 2.24) is 44.4 Å². The minimum atomic E-state index is -1.16. The molecule has 3 fully saturated rings. The van der Waals surface area contributed by atoms with E-state index in [1.54, 1.807) is 9.13 Å². The van der Waals surface area contributed by atoms with E-state index < -0.39 is 59.5 Å². The van der Waals surface area contributed by atoms with Gasteiger partial charge in [-0.25, -0.2) is 9.97 Å². The largest absolute Gasteiger partial charge is 0.388 e. The number of aliphatic hydroxyl groups excluding tert-OH is 3. The summed E-state index contributed by atoms with van der Waals surface area (Å²) in [7, 11) is -0.545. The number of H-pyrrole nitrogens is 2. The van der Waals surface area contributed by atoms with Gasteiger partial charge in [0, 0.05) is 23.6 Å². The molecule has 0 radical (unpaired) electrons. The molecule has 10 N–H and O–H groups in total. The number of aliphatic hydroxyl groups is 3. The van der Waals surface area contributed by atoms with Crippen molar-refractivity contribution in [2.45, 2.75) is 79.1 Å². The minimum Gasteiger partial charge on any atom is -0.388 e. The summed E-state index contributed by atoms with van der Waals surface area (Å²) in [4.78, 5) is 48.0. The minimum absolute atomic E-state index is 0.0272. The van der Waals surface area contributed by atoms with Gasteiger partial charge in [-0.1, -0.05) is 23.5 Å². The average Bonchev–Trinajstić information content (AvgIpc) is 3.73. The molecule has 0 spiro atoms. The molecule has 0 amide bonds. The van der Waals surface area contributed by atoms with Gasteiger partial charge in [0.1, 0.15) is 36.6 Å². The zero-order chi connectivity index (χ0) is 36.0. The third-order valence-corrected chi connectivity index (χ3v) is 12.0. The lowest BCUT2D eigenvalue weighted by Crippen LogP contribution is -2.44. The normalized spacial score (nSPS) is 27.2. The average molecular weight is 790 g/mol. The molecule has 21 nitrogen and oxygen atoms in total. The Morgan fingerprint density at radius 2 is 1.65 bits per heavy atom. The molecular formula is C26H37N11O10P2S2. The fourth-order valence-corrected chi connectivity index (χ4v) is 9.22. The van der Waals surface area contributed by atoms with Gasteiger partial charge in [0.25, 0.3) is 11.1 Å². The van der Waals surface area contributed by atoms with E-state index in [2.05, 4.69) is 35.2 Å². The molecule has 0 bridgehead atoms. The first-order chi connectivity index (χ1) is 24.4. The number of imidazole rings is 2. The molecule has 7 heterocycles. The van der Waals surface area contributed by atoms with Gasteiger partial charge in [0.2, 0.25) is 11.9 Å². The molecule has 0 aliphatic carbocycles. The molecule has 9 unspecified atom stereocenters. The lowest BCUT2D eigenvalue weighted by Gasteiger charge is -2.31. The first-order valence-electron chi connectivity index (χ1n) is 15.7. The van der Waals surface area contributed by atoms with Crippen LogP contribution in [-0.4, -0.2) is 128 Å². The number of anilines is 2.